The van der Waals surface area contributed by atoms with E-state index >= 15 is 0 Å². The maximum atomic E-state index is 11.8. The highest BCUT2D eigenvalue weighted by Gasteiger charge is 2.18. The third kappa shape index (κ3) is 10.4. The summed E-state index contributed by atoms with van der Waals surface area (Å²) in [6, 6.07) is -1.29. The number of carbonyl (C=O) groups excluding carboxylic acids is 2. The molecule has 0 heterocycles. The van der Waals surface area contributed by atoms with Gasteiger partial charge in [0.1, 0.15) is 6.04 Å². The number of carbonyl (C=O) groups is 2. The fourth-order valence-electron chi connectivity index (χ4n) is 1.29. The van der Waals surface area contributed by atoms with Crippen molar-refractivity contribution in [3.8, 4) is 0 Å². The largest absolute Gasteiger partial charge is 0.375 e. The summed E-state index contributed by atoms with van der Waals surface area (Å²) in [5, 5.41) is 5.13. The Kier molecular flexibility index (Phi) is 10.0. The standard InChI is InChI=1S/C12H23N3O3S/c1-9(2)8-18-6-5-14-11(16)10(4-7-19-3)15-12(13)17/h10H,1,4-8H2,2-3H3,(H,14,16)(H3,13,15,17). The number of hydrogen-bond acceptors (Lipinski definition) is 4. The predicted molar refractivity (Wildman–Crippen MR) is 78.1 cm³/mol. The predicted octanol–water partition coefficient (Wildman–Crippen LogP) is 0.485. The smallest absolute Gasteiger partial charge is 0.312 e. The van der Waals surface area contributed by atoms with Gasteiger partial charge in [-0.25, -0.2) is 4.79 Å². The molecule has 1 unspecified atom stereocenters. The van der Waals surface area contributed by atoms with Crippen LogP contribution in [0.3, 0.4) is 0 Å². The average molecular weight is 289 g/mol. The zero-order valence-electron chi connectivity index (χ0n) is 11.5. The first-order valence-corrected chi connectivity index (χ1v) is 7.41. The van der Waals surface area contributed by atoms with Crippen molar-refractivity contribution in [2.75, 3.05) is 31.8 Å². The minimum atomic E-state index is -0.695. The summed E-state index contributed by atoms with van der Waals surface area (Å²) in [6.07, 6.45) is 2.48. The Balaban J connectivity index is 3.95. The molecule has 0 aliphatic heterocycles. The molecule has 0 aliphatic rings. The Hall–Kier alpha value is -1.21. The van der Waals surface area contributed by atoms with Crippen LogP contribution >= 0.6 is 11.8 Å². The molecule has 0 radical (unpaired) electrons. The zero-order chi connectivity index (χ0) is 14.7. The molecule has 4 N–H and O–H groups in total. The third-order valence-electron chi connectivity index (χ3n) is 2.14. The Morgan fingerprint density at radius 3 is 2.68 bits per heavy atom. The minimum absolute atomic E-state index is 0.244. The van der Waals surface area contributed by atoms with Crippen LogP contribution in [0.2, 0.25) is 0 Å². The third-order valence-corrected chi connectivity index (χ3v) is 2.78. The van der Waals surface area contributed by atoms with E-state index in [0.29, 0.717) is 26.2 Å². The van der Waals surface area contributed by atoms with Crippen molar-refractivity contribution >= 4 is 23.7 Å². The van der Waals surface area contributed by atoms with E-state index < -0.39 is 12.1 Å². The molecule has 1 atom stereocenters. The number of primary amides is 1. The summed E-state index contributed by atoms with van der Waals surface area (Å²) < 4.78 is 5.26. The first-order chi connectivity index (χ1) is 8.97. The topological polar surface area (TPSA) is 93.4 Å². The first kappa shape index (κ1) is 17.8. The number of nitrogens with two attached hydrogens (primary N) is 1. The van der Waals surface area contributed by atoms with Gasteiger partial charge >= 0.3 is 6.03 Å². The Bertz CT molecular complexity index is 311. The molecule has 3 amide bonds. The van der Waals surface area contributed by atoms with Gasteiger partial charge in [-0.15, -0.1) is 0 Å². The van der Waals surface area contributed by atoms with Gasteiger partial charge in [-0.3, -0.25) is 4.79 Å². The Labute approximate surface area is 118 Å². The van der Waals surface area contributed by atoms with Crippen LogP contribution in [0.25, 0.3) is 0 Å². The molecule has 0 rings (SSSR count). The lowest BCUT2D eigenvalue weighted by atomic mass is 10.2. The van der Waals surface area contributed by atoms with E-state index in [1.165, 1.54) is 0 Å². The van der Waals surface area contributed by atoms with Gasteiger partial charge in [0.15, 0.2) is 0 Å². The average Bonchev–Trinajstić information content (AvgIpc) is 2.32. The second kappa shape index (κ2) is 10.7. The van der Waals surface area contributed by atoms with Gasteiger partial charge in [0, 0.05) is 6.54 Å². The molecule has 0 bridgehead atoms. The number of rotatable bonds is 10. The van der Waals surface area contributed by atoms with E-state index in [1.54, 1.807) is 11.8 Å². The summed E-state index contributed by atoms with van der Waals surface area (Å²) >= 11 is 1.60. The number of amides is 3. The highest BCUT2D eigenvalue weighted by molar-refractivity contribution is 7.98. The van der Waals surface area contributed by atoms with Gasteiger partial charge in [-0.1, -0.05) is 12.2 Å². The summed E-state index contributed by atoms with van der Waals surface area (Å²) in [5.74, 6) is 0.525. The van der Waals surface area contributed by atoms with E-state index in [0.717, 1.165) is 11.3 Å². The molecule has 19 heavy (non-hydrogen) atoms. The van der Waals surface area contributed by atoms with E-state index in [-0.39, 0.29) is 5.91 Å². The van der Waals surface area contributed by atoms with Crippen LogP contribution in [0, 0.1) is 0 Å². The molecule has 0 saturated heterocycles. The Morgan fingerprint density at radius 2 is 2.16 bits per heavy atom. The number of nitrogens with one attached hydrogen (secondary N) is 2. The van der Waals surface area contributed by atoms with Gasteiger partial charge in [-0.2, -0.15) is 11.8 Å². The number of hydrogen-bond donors (Lipinski definition) is 3. The van der Waals surface area contributed by atoms with E-state index in [4.69, 9.17) is 10.5 Å². The van der Waals surface area contributed by atoms with Gasteiger partial charge in [0.05, 0.1) is 13.2 Å². The first-order valence-electron chi connectivity index (χ1n) is 6.02. The maximum Gasteiger partial charge on any atom is 0.312 e. The molecule has 0 aromatic rings. The van der Waals surface area contributed by atoms with Crippen LogP contribution < -0.4 is 16.4 Å². The summed E-state index contributed by atoms with van der Waals surface area (Å²) in [4.78, 5) is 22.6. The number of thioether (sulfide) groups is 1. The van der Waals surface area contributed by atoms with Crippen molar-refractivity contribution in [2.45, 2.75) is 19.4 Å². The van der Waals surface area contributed by atoms with Crippen LogP contribution in [-0.2, 0) is 9.53 Å². The zero-order valence-corrected chi connectivity index (χ0v) is 12.3. The molecule has 0 aromatic carbocycles. The van der Waals surface area contributed by atoms with Crippen molar-refractivity contribution in [3.63, 3.8) is 0 Å². The monoisotopic (exact) mass is 289 g/mol. The molecule has 0 aliphatic carbocycles. The van der Waals surface area contributed by atoms with Crippen LogP contribution in [0.4, 0.5) is 4.79 Å². The van der Waals surface area contributed by atoms with Gasteiger partial charge < -0.3 is 21.1 Å². The Morgan fingerprint density at radius 1 is 1.47 bits per heavy atom. The molecule has 7 heteroatoms. The fourth-order valence-corrected chi connectivity index (χ4v) is 1.76. The normalized spacial score (nSPS) is 11.7. The summed E-state index contributed by atoms with van der Waals surface area (Å²) in [6.45, 7) is 6.85. The van der Waals surface area contributed by atoms with Crippen molar-refractivity contribution in [1.82, 2.24) is 10.6 Å². The van der Waals surface area contributed by atoms with Crippen molar-refractivity contribution in [1.29, 1.82) is 0 Å². The van der Waals surface area contributed by atoms with Crippen molar-refractivity contribution < 1.29 is 14.3 Å². The highest BCUT2D eigenvalue weighted by Crippen LogP contribution is 2.00. The van der Waals surface area contributed by atoms with Crippen molar-refractivity contribution in [3.05, 3.63) is 12.2 Å². The minimum Gasteiger partial charge on any atom is -0.375 e. The van der Waals surface area contributed by atoms with Crippen molar-refractivity contribution in [2.24, 2.45) is 5.73 Å². The fraction of sp³-hybridized carbons (Fsp3) is 0.667. The molecule has 0 saturated carbocycles. The number of urea groups is 1. The summed E-state index contributed by atoms with van der Waals surface area (Å²) in [5.41, 5.74) is 5.97. The molecule has 0 aromatic heterocycles. The van der Waals surface area contributed by atoms with Gasteiger partial charge in [0.25, 0.3) is 0 Å². The quantitative estimate of drug-likeness (QED) is 0.403. The van der Waals surface area contributed by atoms with Gasteiger partial charge in [0.2, 0.25) is 5.91 Å². The van der Waals surface area contributed by atoms with Crippen LogP contribution in [0.15, 0.2) is 12.2 Å². The molecular formula is C12H23N3O3S. The lowest BCUT2D eigenvalue weighted by Crippen LogP contribution is -2.49. The highest BCUT2D eigenvalue weighted by atomic mass is 32.2. The van der Waals surface area contributed by atoms with E-state index in [1.807, 2.05) is 13.2 Å². The molecule has 0 spiro atoms. The van der Waals surface area contributed by atoms with E-state index in [2.05, 4.69) is 17.2 Å². The lowest BCUT2D eigenvalue weighted by Gasteiger charge is -2.16. The van der Waals surface area contributed by atoms with E-state index in [9.17, 15) is 9.59 Å². The molecule has 6 nitrogen and oxygen atoms in total. The molecular weight excluding hydrogens is 266 g/mol. The van der Waals surface area contributed by atoms with Crippen LogP contribution in [0.5, 0.6) is 0 Å². The SMILES string of the molecule is C=C(C)COCCNC(=O)C(CCSC)NC(N)=O. The molecule has 110 valence electrons. The van der Waals surface area contributed by atoms with Gasteiger partial charge in [-0.05, 0) is 25.4 Å². The second-order valence-corrected chi connectivity index (χ2v) is 5.13. The number of ether oxygens (including phenoxy) is 1. The molecule has 0 fully saturated rings. The lowest BCUT2D eigenvalue weighted by molar-refractivity contribution is -0.123. The second-order valence-electron chi connectivity index (χ2n) is 4.14. The maximum absolute atomic E-state index is 11.8. The van der Waals surface area contributed by atoms with Crippen LogP contribution in [-0.4, -0.2) is 49.7 Å². The summed E-state index contributed by atoms with van der Waals surface area (Å²) in [7, 11) is 0. The van der Waals surface area contributed by atoms with Crippen LogP contribution in [0.1, 0.15) is 13.3 Å².